The molecule has 5 rings (SSSR count). The Morgan fingerprint density at radius 1 is 0.800 bits per heavy atom. The molecule has 3 aromatic carbocycles. The molecule has 0 aliphatic heterocycles. The topological polar surface area (TPSA) is 39.9 Å². The van der Waals surface area contributed by atoms with Crippen LogP contribution in [0.5, 0.6) is 5.75 Å². The summed E-state index contributed by atoms with van der Waals surface area (Å²) in [4.78, 5) is 4.70. The maximum Gasteiger partial charge on any atom is 0.417 e. The fourth-order valence-corrected chi connectivity index (χ4v) is 4.05. The lowest BCUT2D eigenvalue weighted by Gasteiger charge is -2.13. The van der Waals surface area contributed by atoms with Crippen LogP contribution >= 0.6 is 0 Å². The SMILES string of the molecule is COc1cccc(-c2cc(C(F)(F)F)c3c(-c4ccc(C)cc4)nn(-c4ccc(C)cc4)c3n2)c1. The quantitative estimate of drug-likeness (QED) is 0.273. The first-order valence-electron chi connectivity index (χ1n) is 11.0. The molecule has 7 heteroatoms. The molecule has 0 aliphatic rings. The van der Waals surface area contributed by atoms with Crippen LogP contribution in [0.1, 0.15) is 16.7 Å². The van der Waals surface area contributed by atoms with E-state index in [-0.39, 0.29) is 22.4 Å². The molecule has 35 heavy (non-hydrogen) atoms. The Morgan fingerprint density at radius 3 is 2.09 bits per heavy atom. The minimum absolute atomic E-state index is 0.0337. The fourth-order valence-electron chi connectivity index (χ4n) is 4.05. The first-order chi connectivity index (χ1) is 16.7. The summed E-state index contributed by atoms with van der Waals surface area (Å²) in [5, 5.41) is 4.63. The monoisotopic (exact) mass is 473 g/mol. The van der Waals surface area contributed by atoms with E-state index in [1.165, 1.54) is 11.8 Å². The third kappa shape index (κ3) is 4.25. The number of halogens is 3. The largest absolute Gasteiger partial charge is 0.497 e. The lowest BCUT2D eigenvalue weighted by atomic mass is 10.0. The zero-order valence-corrected chi connectivity index (χ0v) is 19.4. The number of benzene rings is 3. The van der Waals surface area contributed by atoms with Gasteiger partial charge in [0.25, 0.3) is 0 Å². The van der Waals surface area contributed by atoms with Gasteiger partial charge in [-0.05, 0) is 44.2 Å². The van der Waals surface area contributed by atoms with E-state index in [9.17, 15) is 13.2 Å². The van der Waals surface area contributed by atoms with Crippen molar-refractivity contribution in [2.24, 2.45) is 0 Å². The van der Waals surface area contributed by atoms with Crippen LogP contribution in [0.15, 0.2) is 78.9 Å². The van der Waals surface area contributed by atoms with Crippen LogP contribution in [0.4, 0.5) is 13.2 Å². The smallest absolute Gasteiger partial charge is 0.417 e. The van der Waals surface area contributed by atoms with Crippen molar-refractivity contribution in [2.75, 3.05) is 7.11 Å². The standard InChI is InChI=1S/C28H22F3N3O/c1-17-7-11-19(12-8-17)26-25-23(28(29,30)31)16-24(20-5-4-6-22(15-20)35-3)32-27(25)34(33-26)21-13-9-18(2)10-14-21/h4-16H,1-3H3. The molecule has 0 amide bonds. The molecule has 2 aromatic heterocycles. The number of nitrogens with zero attached hydrogens (tertiary/aromatic N) is 3. The van der Waals surface area contributed by atoms with Crippen molar-refractivity contribution in [1.82, 2.24) is 14.8 Å². The molecule has 5 aromatic rings. The van der Waals surface area contributed by atoms with Crippen LogP contribution in [-0.4, -0.2) is 21.9 Å². The fraction of sp³-hybridized carbons (Fsp3) is 0.143. The van der Waals surface area contributed by atoms with Gasteiger partial charge in [0.2, 0.25) is 0 Å². The van der Waals surface area contributed by atoms with Gasteiger partial charge in [-0.3, -0.25) is 0 Å². The molecule has 0 bridgehead atoms. The number of ether oxygens (including phenoxy) is 1. The molecule has 0 saturated heterocycles. The molecule has 0 unspecified atom stereocenters. The highest BCUT2D eigenvalue weighted by Crippen LogP contribution is 2.41. The highest BCUT2D eigenvalue weighted by atomic mass is 19.4. The van der Waals surface area contributed by atoms with Crippen LogP contribution in [0.3, 0.4) is 0 Å². The molecular formula is C28H22F3N3O. The number of fused-ring (bicyclic) bond motifs is 1. The average molecular weight is 473 g/mol. The summed E-state index contributed by atoms with van der Waals surface area (Å²) in [5.41, 5.74) is 3.55. The number of rotatable bonds is 4. The molecule has 0 saturated carbocycles. The lowest BCUT2D eigenvalue weighted by molar-refractivity contribution is -0.136. The Labute approximate surface area is 200 Å². The zero-order chi connectivity index (χ0) is 24.7. The summed E-state index contributed by atoms with van der Waals surface area (Å²) in [6.07, 6.45) is -4.62. The van der Waals surface area contributed by atoms with Gasteiger partial charge in [-0.25, -0.2) is 9.67 Å². The van der Waals surface area contributed by atoms with Gasteiger partial charge < -0.3 is 4.74 Å². The van der Waals surface area contributed by atoms with Gasteiger partial charge in [-0.1, -0.05) is 59.7 Å². The molecule has 2 heterocycles. The highest BCUT2D eigenvalue weighted by Gasteiger charge is 2.36. The van der Waals surface area contributed by atoms with Crippen molar-refractivity contribution in [1.29, 1.82) is 0 Å². The van der Waals surface area contributed by atoms with E-state index in [4.69, 9.17) is 9.72 Å². The van der Waals surface area contributed by atoms with E-state index in [0.717, 1.165) is 17.2 Å². The van der Waals surface area contributed by atoms with Gasteiger partial charge in [0.15, 0.2) is 5.65 Å². The Bertz CT molecular complexity index is 1520. The van der Waals surface area contributed by atoms with Crippen LogP contribution in [0.2, 0.25) is 0 Å². The summed E-state index contributed by atoms with van der Waals surface area (Å²) < 4.78 is 50.2. The second-order valence-corrected chi connectivity index (χ2v) is 8.45. The van der Waals surface area contributed by atoms with Gasteiger partial charge in [-0.2, -0.15) is 18.3 Å². The Morgan fingerprint density at radius 2 is 1.46 bits per heavy atom. The number of hydrogen-bond acceptors (Lipinski definition) is 3. The minimum atomic E-state index is -4.62. The van der Waals surface area contributed by atoms with Gasteiger partial charge in [0.05, 0.1) is 29.4 Å². The van der Waals surface area contributed by atoms with Crippen molar-refractivity contribution in [3.8, 4) is 34.0 Å². The number of aryl methyl sites for hydroxylation is 2. The number of aromatic nitrogens is 3. The van der Waals surface area contributed by atoms with E-state index in [1.807, 2.05) is 50.2 Å². The summed E-state index contributed by atoms with van der Waals surface area (Å²) in [6, 6.07) is 22.7. The molecule has 0 fully saturated rings. The molecule has 4 nitrogen and oxygen atoms in total. The number of pyridine rings is 1. The second-order valence-electron chi connectivity index (χ2n) is 8.45. The van der Waals surface area contributed by atoms with Crippen LogP contribution in [0.25, 0.3) is 39.2 Å². The van der Waals surface area contributed by atoms with Crippen LogP contribution in [0, 0.1) is 13.8 Å². The number of hydrogen-bond donors (Lipinski definition) is 0. The molecule has 0 radical (unpaired) electrons. The van der Waals surface area contributed by atoms with Crippen molar-refractivity contribution in [2.45, 2.75) is 20.0 Å². The van der Waals surface area contributed by atoms with E-state index >= 15 is 0 Å². The molecule has 0 spiro atoms. The van der Waals surface area contributed by atoms with Crippen molar-refractivity contribution in [3.63, 3.8) is 0 Å². The van der Waals surface area contributed by atoms with Gasteiger partial charge in [0, 0.05) is 11.1 Å². The maximum atomic E-state index is 14.5. The van der Waals surface area contributed by atoms with E-state index < -0.39 is 11.7 Å². The van der Waals surface area contributed by atoms with Crippen LogP contribution < -0.4 is 4.74 Å². The molecule has 0 atom stereocenters. The number of alkyl halides is 3. The first-order valence-corrected chi connectivity index (χ1v) is 11.0. The third-order valence-corrected chi connectivity index (χ3v) is 5.91. The van der Waals surface area contributed by atoms with Gasteiger partial charge >= 0.3 is 6.18 Å². The van der Waals surface area contributed by atoms with Crippen LogP contribution in [-0.2, 0) is 6.18 Å². The number of methoxy groups -OCH3 is 1. The summed E-state index contributed by atoms with van der Waals surface area (Å²) in [5.74, 6) is 0.533. The maximum absolute atomic E-state index is 14.5. The Balaban J connectivity index is 1.88. The van der Waals surface area contributed by atoms with Gasteiger partial charge in [0.1, 0.15) is 11.4 Å². The molecular weight excluding hydrogens is 451 g/mol. The van der Waals surface area contributed by atoms with Crippen molar-refractivity contribution < 1.29 is 17.9 Å². The van der Waals surface area contributed by atoms with E-state index in [1.54, 1.807) is 36.4 Å². The molecule has 176 valence electrons. The lowest BCUT2D eigenvalue weighted by Crippen LogP contribution is -2.08. The Hall–Kier alpha value is -4.13. The molecule has 0 N–H and O–H groups in total. The summed E-state index contributed by atoms with van der Waals surface area (Å²) >= 11 is 0. The molecule has 0 aliphatic carbocycles. The summed E-state index contributed by atoms with van der Waals surface area (Å²) in [7, 11) is 1.51. The average Bonchev–Trinajstić information content (AvgIpc) is 3.23. The minimum Gasteiger partial charge on any atom is -0.497 e. The zero-order valence-electron chi connectivity index (χ0n) is 19.4. The highest BCUT2D eigenvalue weighted by molar-refractivity contribution is 5.96. The van der Waals surface area contributed by atoms with Gasteiger partial charge in [-0.15, -0.1) is 0 Å². The predicted octanol–water partition coefficient (Wildman–Crippen LogP) is 7.40. The Kier molecular flexibility index (Phi) is 5.55. The first kappa shape index (κ1) is 22.7. The van der Waals surface area contributed by atoms with Crippen molar-refractivity contribution in [3.05, 3.63) is 95.6 Å². The second kappa shape index (κ2) is 8.58. The third-order valence-electron chi connectivity index (χ3n) is 5.91. The normalized spacial score (nSPS) is 11.7. The van der Waals surface area contributed by atoms with Crippen molar-refractivity contribution >= 4 is 11.0 Å². The summed E-state index contributed by atoms with van der Waals surface area (Å²) in [6.45, 7) is 3.87. The van der Waals surface area contributed by atoms with E-state index in [2.05, 4.69) is 5.10 Å². The van der Waals surface area contributed by atoms with E-state index in [0.29, 0.717) is 22.6 Å². The predicted molar refractivity (Wildman–Crippen MR) is 131 cm³/mol.